The smallest absolute Gasteiger partial charge is 0.318 e. The first-order valence-electron chi connectivity index (χ1n) is 5.57. The normalized spacial score (nSPS) is 20.5. The Morgan fingerprint density at radius 1 is 1.18 bits per heavy atom. The molecule has 0 amide bonds. The van der Waals surface area contributed by atoms with Crippen LogP contribution in [0.1, 0.15) is 26.7 Å². The number of rotatable bonds is 1. The van der Waals surface area contributed by atoms with Gasteiger partial charge in [0.1, 0.15) is 0 Å². The van der Waals surface area contributed by atoms with Gasteiger partial charge in [-0.3, -0.25) is 0 Å². The molecule has 0 aromatic carbocycles. The first kappa shape index (κ1) is 12.3. The summed E-state index contributed by atoms with van der Waals surface area (Å²) in [5, 5.41) is 7.96. The molecule has 2 rings (SSSR count). The number of hydrogen-bond donors (Lipinski definition) is 0. The number of hydrogen-bond acceptors (Lipinski definition) is 6. The third-order valence-electron chi connectivity index (χ3n) is 2.67. The van der Waals surface area contributed by atoms with Crippen molar-refractivity contribution in [3.8, 4) is 0 Å². The van der Waals surface area contributed by atoms with E-state index in [4.69, 9.17) is 4.42 Å². The summed E-state index contributed by atoms with van der Waals surface area (Å²) in [6.45, 7) is 6.82. The van der Waals surface area contributed by atoms with E-state index < -0.39 is 9.84 Å². The summed E-state index contributed by atoms with van der Waals surface area (Å²) in [5.41, 5.74) is -0.187. The van der Waals surface area contributed by atoms with Gasteiger partial charge in [-0.15, -0.1) is 5.10 Å². The van der Waals surface area contributed by atoms with E-state index in [1.165, 1.54) is 0 Å². The summed E-state index contributed by atoms with van der Waals surface area (Å²) in [6, 6.07) is 0.421. The third kappa shape index (κ3) is 2.77. The van der Waals surface area contributed by atoms with E-state index in [9.17, 15) is 8.42 Å². The largest absolute Gasteiger partial charge is 0.407 e. The molecule has 0 unspecified atom stereocenters. The molecule has 1 aromatic rings. The standard InChI is InChI=1S/C10H17N3O3S/c1-10(2,3)8-11-12-9(16-8)13-4-6-17(14,15)7-5-13/h4-7H2,1-3H3. The molecule has 0 atom stereocenters. The van der Waals surface area contributed by atoms with Crippen LogP contribution in [0.3, 0.4) is 0 Å². The van der Waals surface area contributed by atoms with Gasteiger partial charge in [0, 0.05) is 18.5 Å². The number of nitrogens with zero attached hydrogens (tertiary/aromatic N) is 3. The Hall–Kier alpha value is -1.11. The molecule has 0 aliphatic carbocycles. The van der Waals surface area contributed by atoms with Crippen LogP contribution in [-0.2, 0) is 15.3 Å². The summed E-state index contributed by atoms with van der Waals surface area (Å²) < 4.78 is 28.2. The molecular formula is C10H17N3O3S. The van der Waals surface area contributed by atoms with Crippen LogP contribution in [0.25, 0.3) is 0 Å². The summed E-state index contributed by atoms with van der Waals surface area (Å²) in [6.07, 6.45) is 0. The van der Waals surface area contributed by atoms with Crippen LogP contribution in [0.2, 0.25) is 0 Å². The van der Waals surface area contributed by atoms with Gasteiger partial charge < -0.3 is 9.32 Å². The predicted octanol–water partition coefficient (Wildman–Crippen LogP) is 0.602. The highest BCUT2D eigenvalue weighted by molar-refractivity contribution is 7.91. The van der Waals surface area contributed by atoms with Crippen LogP contribution >= 0.6 is 0 Å². The van der Waals surface area contributed by atoms with Crippen molar-refractivity contribution in [2.45, 2.75) is 26.2 Å². The fourth-order valence-corrected chi connectivity index (χ4v) is 2.75. The number of anilines is 1. The van der Waals surface area contributed by atoms with Crippen LogP contribution in [0.5, 0.6) is 0 Å². The maximum Gasteiger partial charge on any atom is 0.318 e. The molecule has 0 bridgehead atoms. The molecular weight excluding hydrogens is 242 g/mol. The topological polar surface area (TPSA) is 76.3 Å². The van der Waals surface area contributed by atoms with E-state index in [0.29, 0.717) is 25.0 Å². The maximum absolute atomic E-state index is 11.3. The zero-order chi connectivity index (χ0) is 12.7. The van der Waals surface area contributed by atoms with Crippen molar-refractivity contribution >= 4 is 15.9 Å². The average molecular weight is 259 g/mol. The molecule has 0 saturated carbocycles. The Morgan fingerprint density at radius 3 is 2.24 bits per heavy atom. The molecule has 17 heavy (non-hydrogen) atoms. The molecule has 1 fully saturated rings. The molecule has 0 radical (unpaired) electrons. The Kier molecular flexibility index (Phi) is 2.89. The molecule has 0 spiro atoms. The van der Waals surface area contributed by atoms with Gasteiger partial charge in [-0.05, 0) is 0 Å². The van der Waals surface area contributed by atoms with Gasteiger partial charge in [0.25, 0.3) is 0 Å². The highest BCUT2D eigenvalue weighted by atomic mass is 32.2. The van der Waals surface area contributed by atoms with Gasteiger partial charge in [-0.2, -0.15) is 0 Å². The van der Waals surface area contributed by atoms with Crippen LogP contribution in [0, 0.1) is 0 Å². The van der Waals surface area contributed by atoms with E-state index in [0.717, 1.165) is 0 Å². The second-order valence-electron chi connectivity index (χ2n) is 5.28. The van der Waals surface area contributed by atoms with Crippen molar-refractivity contribution < 1.29 is 12.8 Å². The van der Waals surface area contributed by atoms with Crippen LogP contribution in [-0.4, -0.2) is 43.2 Å². The van der Waals surface area contributed by atoms with Gasteiger partial charge >= 0.3 is 6.01 Å². The third-order valence-corrected chi connectivity index (χ3v) is 4.28. The van der Waals surface area contributed by atoms with E-state index >= 15 is 0 Å². The zero-order valence-electron chi connectivity index (χ0n) is 10.3. The van der Waals surface area contributed by atoms with Crippen molar-refractivity contribution in [3.63, 3.8) is 0 Å². The number of sulfone groups is 1. The van der Waals surface area contributed by atoms with Gasteiger partial charge in [-0.1, -0.05) is 25.9 Å². The quantitative estimate of drug-likeness (QED) is 0.735. The highest BCUT2D eigenvalue weighted by Crippen LogP contribution is 2.24. The molecule has 7 heteroatoms. The minimum absolute atomic E-state index is 0.153. The van der Waals surface area contributed by atoms with Crippen molar-refractivity contribution in [3.05, 3.63) is 5.89 Å². The molecule has 0 N–H and O–H groups in total. The summed E-state index contributed by atoms with van der Waals surface area (Å²) in [4.78, 5) is 1.82. The molecule has 96 valence electrons. The Bertz CT molecular complexity index is 487. The maximum atomic E-state index is 11.3. The molecule has 6 nitrogen and oxygen atoms in total. The molecule has 1 aliphatic rings. The lowest BCUT2D eigenvalue weighted by Gasteiger charge is -2.24. The van der Waals surface area contributed by atoms with Gasteiger partial charge in [0.05, 0.1) is 11.5 Å². The first-order chi connectivity index (χ1) is 7.78. The Morgan fingerprint density at radius 2 is 1.76 bits per heavy atom. The molecule has 1 aliphatic heterocycles. The molecule has 1 aromatic heterocycles. The lowest BCUT2D eigenvalue weighted by molar-refractivity contribution is 0.391. The number of aromatic nitrogens is 2. The minimum atomic E-state index is -2.88. The van der Waals surface area contributed by atoms with E-state index in [2.05, 4.69) is 10.2 Å². The monoisotopic (exact) mass is 259 g/mol. The van der Waals surface area contributed by atoms with Crippen molar-refractivity contribution in [2.24, 2.45) is 0 Å². The first-order valence-corrected chi connectivity index (χ1v) is 7.39. The lowest BCUT2D eigenvalue weighted by Crippen LogP contribution is -2.40. The lowest BCUT2D eigenvalue weighted by atomic mass is 9.97. The summed E-state index contributed by atoms with van der Waals surface area (Å²) in [5.74, 6) is 0.876. The van der Waals surface area contributed by atoms with Crippen molar-refractivity contribution in [1.29, 1.82) is 0 Å². The van der Waals surface area contributed by atoms with Gasteiger partial charge in [0.2, 0.25) is 5.89 Å². The summed E-state index contributed by atoms with van der Waals surface area (Å²) >= 11 is 0. The fourth-order valence-electron chi connectivity index (χ4n) is 1.55. The molecule has 1 saturated heterocycles. The highest BCUT2D eigenvalue weighted by Gasteiger charge is 2.27. The van der Waals surface area contributed by atoms with E-state index in [-0.39, 0.29) is 16.9 Å². The second-order valence-corrected chi connectivity index (χ2v) is 7.58. The van der Waals surface area contributed by atoms with Gasteiger partial charge in [-0.25, -0.2) is 8.42 Å². The van der Waals surface area contributed by atoms with Crippen LogP contribution < -0.4 is 4.90 Å². The zero-order valence-corrected chi connectivity index (χ0v) is 11.1. The van der Waals surface area contributed by atoms with E-state index in [1.54, 1.807) is 0 Å². The Labute approximate surface area is 101 Å². The van der Waals surface area contributed by atoms with Crippen LogP contribution in [0.4, 0.5) is 6.01 Å². The second kappa shape index (κ2) is 3.97. The van der Waals surface area contributed by atoms with Gasteiger partial charge in [0.15, 0.2) is 9.84 Å². The van der Waals surface area contributed by atoms with Crippen molar-refractivity contribution in [2.75, 3.05) is 29.5 Å². The van der Waals surface area contributed by atoms with Crippen LogP contribution in [0.15, 0.2) is 4.42 Å². The van der Waals surface area contributed by atoms with Crippen molar-refractivity contribution in [1.82, 2.24) is 10.2 Å². The SMILES string of the molecule is CC(C)(C)c1nnc(N2CCS(=O)(=O)CC2)o1. The Balaban J connectivity index is 2.12. The van der Waals surface area contributed by atoms with E-state index in [1.807, 2.05) is 25.7 Å². The predicted molar refractivity (Wildman–Crippen MR) is 63.9 cm³/mol. The molecule has 2 heterocycles. The average Bonchev–Trinajstić information content (AvgIpc) is 2.66. The fraction of sp³-hybridized carbons (Fsp3) is 0.800. The minimum Gasteiger partial charge on any atom is -0.407 e. The summed E-state index contributed by atoms with van der Waals surface area (Å²) in [7, 11) is -2.88.